The number of hydrogen-bond donors (Lipinski definition) is 1. The summed E-state index contributed by atoms with van der Waals surface area (Å²) in [6.07, 6.45) is 0. The van der Waals surface area contributed by atoms with E-state index in [0.717, 1.165) is 0 Å². The molecule has 0 aliphatic carbocycles. The molecule has 0 unspecified atom stereocenters. The average Bonchev–Trinajstić information content (AvgIpc) is 3.16. The first kappa shape index (κ1) is 14.6. The minimum Gasteiger partial charge on any atom is -0.354 e. The van der Waals surface area contributed by atoms with Gasteiger partial charge in [0.1, 0.15) is 0 Å². The van der Waals surface area contributed by atoms with Crippen molar-refractivity contribution in [3.63, 3.8) is 0 Å². The molecule has 0 radical (unpaired) electrons. The Morgan fingerprint density at radius 2 is 1.00 bits per heavy atom. The Labute approximate surface area is 156 Å². The first-order chi connectivity index (χ1) is 13.4. The van der Waals surface area contributed by atoms with Gasteiger partial charge in [-0.2, -0.15) is 0 Å². The zero-order chi connectivity index (χ0) is 17.8. The third-order valence-electron chi connectivity index (χ3n) is 5.56. The molecule has 0 atom stereocenters. The molecule has 0 saturated carbocycles. The summed E-state index contributed by atoms with van der Waals surface area (Å²) in [7, 11) is 0. The van der Waals surface area contributed by atoms with Gasteiger partial charge in [0.25, 0.3) is 0 Å². The molecule has 126 valence electrons. The van der Waals surface area contributed by atoms with Gasteiger partial charge in [-0.25, -0.2) is 0 Å². The molecule has 6 rings (SSSR count). The molecular weight excluding hydrogens is 326 g/mol. The number of nitrogens with one attached hydrogen (secondary N) is 1. The van der Waals surface area contributed by atoms with Crippen molar-refractivity contribution in [3.8, 4) is 11.3 Å². The summed E-state index contributed by atoms with van der Waals surface area (Å²) >= 11 is 0. The maximum absolute atomic E-state index is 3.74. The molecule has 1 heteroatoms. The lowest BCUT2D eigenvalue weighted by molar-refractivity contribution is 1.49. The smallest absolute Gasteiger partial charge is 0.0538 e. The normalized spacial score (nSPS) is 11.7. The Hall–Kier alpha value is -3.58. The molecule has 0 saturated heterocycles. The van der Waals surface area contributed by atoms with E-state index in [2.05, 4.69) is 102 Å². The summed E-state index contributed by atoms with van der Waals surface area (Å²) in [5.74, 6) is 0. The van der Waals surface area contributed by atoms with Crippen LogP contribution in [-0.2, 0) is 0 Å². The van der Waals surface area contributed by atoms with Crippen molar-refractivity contribution in [1.82, 2.24) is 4.98 Å². The summed E-state index contributed by atoms with van der Waals surface area (Å²) in [5.41, 5.74) is 3.67. The zero-order valence-electron chi connectivity index (χ0n) is 14.7. The molecule has 5 aromatic carbocycles. The molecule has 1 N–H and O–H groups in total. The van der Waals surface area contributed by atoms with Crippen molar-refractivity contribution in [2.45, 2.75) is 0 Å². The van der Waals surface area contributed by atoms with Gasteiger partial charge >= 0.3 is 0 Å². The Balaban J connectivity index is 1.77. The molecule has 6 aromatic rings. The maximum atomic E-state index is 3.74. The number of rotatable bonds is 1. The number of H-pyrrole nitrogens is 1. The second kappa shape index (κ2) is 5.46. The van der Waals surface area contributed by atoms with E-state index < -0.39 is 0 Å². The van der Waals surface area contributed by atoms with E-state index in [1.165, 1.54) is 54.5 Å². The standard InChI is InChI=1S/C26H17N/c1-6-12-23-17(7-1)13-14-20-16-24(27-26(20)23)25-21-10-4-2-8-18(21)15-19-9-3-5-11-22(19)25/h1-16,27H. The highest BCUT2D eigenvalue weighted by atomic mass is 14.7. The van der Waals surface area contributed by atoms with Crippen molar-refractivity contribution >= 4 is 43.2 Å². The molecule has 1 nitrogen and oxygen atoms in total. The van der Waals surface area contributed by atoms with E-state index in [-0.39, 0.29) is 0 Å². The van der Waals surface area contributed by atoms with E-state index in [1.54, 1.807) is 0 Å². The minimum atomic E-state index is 1.18. The Bertz CT molecular complexity index is 1420. The van der Waals surface area contributed by atoms with Gasteiger partial charge in [-0.15, -0.1) is 0 Å². The molecule has 0 bridgehead atoms. The van der Waals surface area contributed by atoms with Crippen molar-refractivity contribution < 1.29 is 0 Å². The fourth-order valence-corrected chi connectivity index (χ4v) is 4.31. The first-order valence-corrected chi connectivity index (χ1v) is 9.30. The van der Waals surface area contributed by atoms with Gasteiger partial charge in [-0.3, -0.25) is 0 Å². The van der Waals surface area contributed by atoms with Crippen LogP contribution in [0.5, 0.6) is 0 Å². The lowest BCUT2D eigenvalue weighted by Crippen LogP contribution is -1.85. The second-order valence-corrected chi connectivity index (χ2v) is 7.13. The van der Waals surface area contributed by atoms with Crippen LogP contribution < -0.4 is 0 Å². The molecule has 0 aliphatic heterocycles. The lowest BCUT2D eigenvalue weighted by Gasteiger charge is -2.10. The topological polar surface area (TPSA) is 15.8 Å². The van der Waals surface area contributed by atoms with Gasteiger partial charge in [0, 0.05) is 22.0 Å². The summed E-state index contributed by atoms with van der Waals surface area (Å²) in [6, 6.07) is 34.9. The van der Waals surface area contributed by atoms with Crippen molar-refractivity contribution in [2.75, 3.05) is 0 Å². The predicted molar refractivity (Wildman–Crippen MR) is 116 cm³/mol. The highest BCUT2D eigenvalue weighted by Gasteiger charge is 2.13. The fraction of sp³-hybridized carbons (Fsp3) is 0. The Kier molecular flexibility index (Phi) is 2.95. The molecule has 0 fully saturated rings. The summed E-state index contributed by atoms with van der Waals surface area (Å²) in [4.78, 5) is 3.74. The van der Waals surface area contributed by atoms with Crippen LogP contribution in [0.25, 0.3) is 54.5 Å². The minimum absolute atomic E-state index is 1.18. The fourth-order valence-electron chi connectivity index (χ4n) is 4.31. The van der Waals surface area contributed by atoms with Crippen LogP contribution in [-0.4, -0.2) is 4.98 Å². The highest BCUT2D eigenvalue weighted by molar-refractivity contribution is 6.14. The van der Waals surface area contributed by atoms with Crippen LogP contribution in [0.2, 0.25) is 0 Å². The van der Waals surface area contributed by atoms with Crippen molar-refractivity contribution in [3.05, 3.63) is 97.1 Å². The zero-order valence-corrected chi connectivity index (χ0v) is 14.7. The van der Waals surface area contributed by atoms with Gasteiger partial charge < -0.3 is 4.98 Å². The van der Waals surface area contributed by atoms with E-state index in [1.807, 2.05) is 0 Å². The third kappa shape index (κ3) is 2.12. The van der Waals surface area contributed by atoms with Gasteiger partial charge in [-0.05, 0) is 39.1 Å². The van der Waals surface area contributed by atoms with Crippen molar-refractivity contribution in [2.24, 2.45) is 0 Å². The first-order valence-electron chi connectivity index (χ1n) is 9.30. The van der Waals surface area contributed by atoms with Crippen LogP contribution in [0.15, 0.2) is 97.1 Å². The van der Waals surface area contributed by atoms with Crippen LogP contribution in [0.4, 0.5) is 0 Å². The molecule has 0 amide bonds. The van der Waals surface area contributed by atoms with Gasteiger partial charge in [0.05, 0.1) is 5.52 Å². The molecule has 1 aromatic heterocycles. The van der Waals surface area contributed by atoms with Gasteiger partial charge in [0.15, 0.2) is 0 Å². The summed E-state index contributed by atoms with van der Waals surface area (Å²) < 4.78 is 0. The number of aromatic amines is 1. The third-order valence-corrected chi connectivity index (χ3v) is 5.56. The van der Waals surface area contributed by atoms with E-state index >= 15 is 0 Å². The lowest BCUT2D eigenvalue weighted by atomic mass is 9.95. The Morgan fingerprint density at radius 3 is 1.70 bits per heavy atom. The van der Waals surface area contributed by atoms with Crippen LogP contribution in [0, 0.1) is 0 Å². The van der Waals surface area contributed by atoms with Crippen LogP contribution in [0.3, 0.4) is 0 Å². The van der Waals surface area contributed by atoms with Gasteiger partial charge in [0.2, 0.25) is 0 Å². The summed E-state index contributed by atoms with van der Waals surface area (Å²) in [6.45, 7) is 0. The number of benzene rings is 5. The largest absolute Gasteiger partial charge is 0.354 e. The summed E-state index contributed by atoms with van der Waals surface area (Å²) in [5, 5.41) is 8.90. The van der Waals surface area contributed by atoms with Crippen LogP contribution in [0.1, 0.15) is 0 Å². The molecule has 0 aliphatic rings. The quantitative estimate of drug-likeness (QED) is 0.302. The van der Waals surface area contributed by atoms with Crippen LogP contribution >= 0.6 is 0 Å². The molecular formula is C26H17N. The number of hydrogen-bond acceptors (Lipinski definition) is 0. The predicted octanol–water partition coefficient (Wildman–Crippen LogP) is 7.29. The highest BCUT2D eigenvalue weighted by Crippen LogP contribution is 2.38. The average molecular weight is 343 g/mol. The van der Waals surface area contributed by atoms with E-state index in [0.29, 0.717) is 0 Å². The van der Waals surface area contributed by atoms with E-state index in [4.69, 9.17) is 0 Å². The molecule has 27 heavy (non-hydrogen) atoms. The molecule has 1 heterocycles. The van der Waals surface area contributed by atoms with E-state index in [9.17, 15) is 0 Å². The number of fused-ring (bicyclic) bond motifs is 5. The SMILES string of the molecule is c1ccc2c(-c3cc4ccc5ccccc5c4[nH]3)c3ccccc3cc2c1. The second-order valence-electron chi connectivity index (χ2n) is 7.13. The number of aromatic nitrogens is 1. The maximum Gasteiger partial charge on any atom is 0.0538 e. The Morgan fingerprint density at radius 1 is 0.444 bits per heavy atom. The monoisotopic (exact) mass is 343 g/mol. The molecule has 0 spiro atoms. The van der Waals surface area contributed by atoms with Gasteiger partial charge in [-0.1, -0.05) is 84.9 Å². The van der Waals surface area contributed by atoms with Crippen molar-refractivity contribution in [1.29, 1.82) is 0 Å².